The van der Waals surface area contributed by atoms with Gasteiger partial charge in [-0.3, -0.25) is 0 Å². The van der Waals surface area contributed by atoms with Gasteiger partial charge in [-0.05, 0) is 37.8 Å². The predicted molar refractivity (Wildman–Crippen MR) is 71.1 cm³/mol. The lowest BCUT2D eigenvalue weighted by atomic mass is 9.74. The fraction of sp³-hybridized carbons (Fsp3) is 0.600. The molecule has 0 aliphatic heterocycles. The van der Waals surface area contributed by atoms with Crippen LogP contribution >= 0.6 is 0 Å². The van der Waals surface area contributed by atoms with E-state index in [2.05, 4.69) is 42.6 Å². The highest BCUT2D eigenvalue weighted by molar-refractivity contribution is 5.20. The molecular formula is C15H23NO. The number of hydrogen-bond acceptors (Lipinski definition) is 2. The van der Waals surface area contributed by atoms with Crippen molar-refractivity contribution in [3.63, 3.8) is 0 Å². The Kier molecular flexibility index (Phi) is 4.19. The molecule has 0 bridgehead atoms. The van der Waals surface area contributed by atoms with Gasteiger partial charge < -0.3 is 10.1 Å². The second-order valence-electron chi connectivity index (χ2n) is 4.97. The molecule has 0 amide bonds. The van der Waals surface area contributed by atoms with E-state index in [0.717, 1.165) is 13.0 Å². The van der Waals surface area contributed by atoms with Crippen LogP contribution in [0.3, 0.4) is 0 Å². The largest absolute Gasteiger partial charge is 0.378 e. The fourth-order valence-electron chi connectivity index (χ4n) is 2.67. The van der Waals surface area contributed by atoms with Crippen LogP contribution in [-0.4, -0.2) is 19.3 Å². The van der Waals surface area contributed by atoms with Gasteiger partial charge >= 0.3 is 0 Å². The maximum Gasteiger partial charge on any atom is 0.0697 e. The van der Waals surface area contributed by atoms with E-state index in [9.17, 15) is 0 Å². The lowest BCUT2D eigenvalue weighted by Crippen LogP contribution is -2.42. The molecule has 0 radical (unpaired) electrons. The highest BCUT2D eigenvalue weighted by Gasteiger charge is 2.39. The maximum atomic E-state index is 5.73. The summed E-state index contributed by atoms with van der Waals surface area (Å²) < 4.78 is 5.73. The van der Waals surface area contributed by atoms with Crippen molar-refractivity contribution in [3.8, 4) is 0 Å². The quantitative estimate of drug-likeness (QED) is 0.814. The molecule has 0 heterocycles. The number of rotatable bonds is 6. The minimum absolute atomic E-state index is 0.128. The number of methoxy groups -OCH3 is 1. The van der Waals surface area contributed by atoms with E-state index in [4.69, 9.17) is 4.74 Å². The normalized spacial score (nSPS) is 19.6. The molecule has 1 saturated carbocycles. The standard InChI is InChI=1S/C15H23NO/c1-3-16-14(13-8-5-4-6-9-13)12-15(17-2)10-7-11-15/h4-6,8-9,14,16H,3,7,10-12H2,1-2H3. The Morgan fingerprint density at radius 3 is 2.47 bits per heavy atom. The lowest BCUT2D eigenvalue weighted by molar-refractivity contribution is -0.0837. The zero-order chi connectivity index (χ0) is 12.1. The van der Waals surface area contributed by atoms with E-state index >= 15 is 0 Å². The van der Waals surface area contributed by atoms with Gasteiger partial charge in [-0.15, -0.1) is 0 Å². The zero-order valence-electron chi connectivity index (χ0n) is 10.9. The average molecular weight is 233 g/mol. The van der Waals surface area contributed by atoms with Crippen LogP contribution in [0.4, 0.5) is 0 Å². The van der Waals surface area contributed by atoms with Crippen LogP contribution in [-0.2, 0) is 4.74 Å². The summed E-state index contributed by atoms with van der Waals surface area (Å²) in [5, 5.41) is 3.58. The van der Waals surface area contributed by atoms with Crippen LogP contribution in [0, 0.1) is 0 Å². The summed E-state index contributed by atoms with van der Waals surface area (Å²) >= 11 is 0. The zero-order valence-corrected chi connectivity index (χ0v) is 10.9. The third-order valence-electron chi connectivity index (χ3n) is 3.93. The molecule has 1 aromatic rings. The molecule has 2 rings (SSSR count). The first-order valence-corrected chi connectivity index (χ1v) is 6.63. The summed E-state index contributed by atoms with van der Waals surface area (Å²) in [6.45, 7) is 3.16. The van der Waals surface area contributed by atoms with Crippen molar-refractivity contribution in [2.24, 2.45) is 0 Å². The van der Waals surface area contributed by atoms with Crippen LogP contribution < -0.4 is 5.32 Å². The van der Waals surface area contributed by atoms with E-state index in [-0.39, 0.29) is 5.60 Å². The Morgan fingerprint density at radius 2 is 2.00 bits per heavy atom. The Labute approximate surface area is 104 Å². The minimum atomic E-state index is 0.128. The van der Waals surface area contributed by atoms with Gasteiger partial charge in [0.1, 0.15) is 0 Å². The number of benzene rings is 1. The highest BCUT2D eigenvalue weighted by Crippen LogP contribution is 2.41. The molecule has 17 heavy (non-hydrogen) atoms. The molecule has 1 atom stereocenters. The van der Waals surface area contributed by atoms with Gasteiger partial charge in [0.15, 0.2) is 0 Å². The summed E-state index contributed by atoms with van der Waals surface area (Å²) in [7, 11) is 1.85. The highest BCUT2D eigenvalue weighted by atomic mass is 16.5. The molecule has 2 nitrogen and oxygen atoms in total. The van der Waals surface area contributed by atoms with Gasteiger partial charge in [-0.2, -0.15) is 0 Å². The van der Waals surface area contributed by atoms with Gasteiger partial charge in [-0.1, -0.05) is 37.3 Å². The first-order chi connectivity index (χ1) is 8.29. The second kappa shape index (κ2) is 5.65. The first-order valence-electron chi connectivity index (χ1n) is 6.63. The average Bonchev–Trinajstić information content (AvgIpc) is 2.33. The third kappa shape index (κ3) is 2.88. The van der Waals surface area contributed by atoms with Crippen molar-refractivity contribution in [2.45, 2.75) is 44.2 Å². The van der Waals surface area contributed by atoms with Crippen LogP contribution in [0.5, 0.6) is 0 Å². The molecule has 1 fully saturated rings. The summed E-state index contributed by atoms with van der Waals surface area (Å²) in [6.07, 6.45) is 4.80. The fourth-order valence-corrected chi connectivity index (χ4v) is 2.67. The SMILES string of the molecule is CCNC(CC1(OC)CCC1)c1ccccc1. The Balaban J connectivity index is 2.07. The van der Waals surface area contributed by atoms with Crippen molar-refractivity contribution < 1.29 is 4.74 Å². The lowest BCUT2D eigenvalue weighted by Gasteiger charge is -2.43. The van der Waals surface area contributed by atoms with Crippen LogP contribution in [0.25, 0.3) is 0 Å². The number of hydrogen-bond donors (Lipinski definition) is 1. The molecule has 1 N–H and O–H groups in total. The van der Waals surface area contributed by atoms with E-state index in [1.54, 1.807) is 0 Å². The molecule has 1 aliphatic rings. The van der Waals surface area contributed by atoms with E-state index in [0.29, 0.717) is 6.04 Å². The third-order valence-corrected chi connectivity index (χ3v) is 3.93. The van der Waals surface area contributed by atoms with Crippen molar-refractivity contribution in [2.75, 3.05) is 13.7 Å². The van der Waals surface area contributed by atoms with E-state index < -0.39 is 0 Å². The van der Waals surface area contributed by atoms with Crippen LogP contribution in [0.2, 0.25) is 0 Å². The molecular weight excluding hydrogens is 210 g/mol. The predicted octanol–water partition coefficient (Wildman–Crippen LogP) is 3.30. The van der Waals surface area contributed by atoms with Crippen molar-refractivity contribution in [1.29, 1.82) is 0 Å². The molecule has 1 aliphatic carbocycles. The van der Waals surface area contributed by atoms with Gasteiger partial charge in [0.2, 0.25) is 0 Å². The number of ether oxygens (including phenoxy) is 1. The molecule has 0 spiro atoms. The van der Waals surface area contributed by atoms with Crippen LogP contribution in [0.15, 0.2) is 30.3 Å². The van der Waals surface area contributed by atoms with Crippen LogP contribution in [0.1, 0.15) is 44.2 Å². The molecule has 1 unspecified atom stereocenters. The monoisotopic (exact) mass is 233 g/mol. The van der Waals surface area contributed by atoms with Gasteiger partial charge in [0.05, 0.1) is 5.60 Å². The summed E-state index contributed by atoms with van der Waals surface area (Å²) in [5.74, 6) is 0. The van der Waals surface area contributed by atoms with E-state index in [1.807, 2.05) is 7.11 Å². The number of nitrogens with one attached hydrogen (secondary N) is 1. The molecule has 2 heteroatoms. The molecule has 0 saturated heterocycles. The minimum Gasteiger partial charge on any atom is -0.378 e. The van der Waals surface area contributed by atoms with Gasteiger partial charge in [-0.25, -0.2) is 0 Å². The maximum absolute atomic E-state index is 5.73. The van der Waals surface area contributed by atoms with Crippen molar-refractivity contribution in [3.05, 3.63) is 35.9 Å². The second-order valence-corrected chi connectivity index (χ2v) is 4.97. The van der Waals surface area contributed by atoms with Crippen molar-refractivity contribution in [1.82, 2.24) is 5.32 Å². The Hall–Kier alpha value is -0.860. The summed E-state index contributed by atoms with van der Waals surface area (Å²) in [6, 6.07) is 11.1. The molecule has 0 aromatic heterocycles. The van der Waals surface area contributed by atoms with Crippen molar-refractivity contribution >= 4 is 0 Å². The Morgan fingerprint density at radius 1 is 1.29 bits per heavy atom. The summed E-state index contributed by atoms with van der Waals surface area (Å²) in [4.78, 5) is 0. The molecule has 94 valence electrons. The molecule has 1 aromatic carbocycles. The topological polar surface area (TPSA) is 21.3 Å². The van der Waals surface area contributed by atoms with Gasteiger partial charge in [0.25, 0.3) is 0 Å². The van der Waals surface area contributed by atoms with E-state index in [1.165, 1.54) is 24.8 Å². The summed E-state index contributed by atoms with van der Waals surface area (Å²) in [5.41, 5.74) is 1.50. The first kappa shape index (κ1) is 12.6. The van der Waals surface area contributed by atoms with Gasteiger partial charge in [0, 0.05) is 13.2 Å². The smallest absolute Gasteiger partial charge is 0.0697 e. The Bertz CT molecular complexity index is 327.